The molecule has 0 unspecified atom stereocenters. The van der Waals surface area contributed by atoms with Crippen LogP contribution in [-0.4, -0.2) is 0 Å². The van der Waals surface area contributed by atoms with Crippen LogP contribution in [0.3, 0.4) is 0 Å². The van der Waals surface area contributed by atoms with Crippen LogP contribution in [-0.2, 0) is 0 Å². The minimum absolute atomic E-state index is 0.415. The highest BCUT2D eigenvalue weighted by molar-refractivity contribution is 6.43. The van der Waals surface area contributed by atoms with E-state index in [1.807, 2.05) is 18.2 Å². The molecule has 0 saturated carbocycles. The highest BCUT2D eigenvalue weighted by Gasteiger charge is 2.12. The Bertz CT molecular complexity index is 967. The van der Waals surface area contributed by atoms with E-state index in [-0.39, 0.29) is 0 Å². The standard InChI is InChI=1S/C19H10Cl3NO/c20-16-6-2-1-4-14(16)12(11-23)10-13-8-9-18(24-13)15-5-3-7-17(21)19(15)22/h1-10H. The molecule has 24 heavy (non-hydrogen) atoms. The van der Waals surface area contributed by atoms with E-state index in [1.54, 1.807) is 42.5 Å². The van der Waals surface area contributed by atoms with Gasteiger partial charge in [0.05, 0.1) is 21.7 Å². The van der Waals surface area contributed by atoms with Crippen LogP contribution in [0.4, 0.5) is 0 Å². The lowest BCUT2D eigenvalue weighted by molar-refractivity contribution is 0.572. The molecule has 0 saturated heterocycles. The zero-order valence-corrected chi connectivity index (χ0v) is 14.5. The second kappa shape index (κ2) is 7.15. The molecule has 0 aliphatic rings. The first-order valence-corrected chi connectivity index (χ1v) is 8.14. The molecule has 1 aromatic heterocycles. The van der Waals surface area contributed by atoms with Crippen molar-refractivity contribution in [1.29, 1.82) is 5.26 Å². The quantitative estimate of drug-likeness (QED) is 0.464. The fourth-order valence-corrected chi connectivity index (χ4v) is 2.89. The second-order valence-corrected chi connectivity index (χ2v) is 6.15. The zero-order chi connectivity index (χ0) is 17.1. The van der Waals surface area contributed by atoms with Crippen molar-refractivity contribution in [1.82, 2.24) is 0 Å². The fourth-order valence-electron chi connectivity index (χ4n) is 2.26. The summed E-state index contributed by atoms with van der Waals surface area (Å²) in [6.45, 7) is 0. The summed E-state index contributed by atoms with van der Waals surface area (Å²) in [5, 5.41) is 10.8. The van der Waals surface area contributed by atoms with Crippen molar-refractivity contribution >= 4 is 46.5 Å². The van der Waals surface area contributed by atoms with Gasteiger partial charge < -0.3 is 4.42 Å². The number of rotatable bonds is 3. The molecule has 2 aromatic carbocycles. The van der Waals surface area contributed by atoms with Gasteiger partial charge in [-0.1, -0.05) is 59.1 Å². The van der Waals surface area contributed by atoms with Crippen molar-refractivity contribution < 1.29 is 4.42 Å². The third-order valence-electron chi connectivity index (χ3n) is 3.41. The van der Waals surface area contributed by atoms with Crippen molar-refractivity contribution in [2.24, 2.45) is 0 Å². The number of nitrogens with zero attached hydrogens (tertiary/aromatic N) is 1. The fraction of sp³-hybridized carbons (Fsp3) is 0. The summed E-state index contributed by atoms with van der Waals surface area (Å²) in [6, 6.07) is 18.2. The van der Waals surface area contributed by atoms with E-state index in [1.165, 1.54) is 0 Å². The lowest BCUT2D eigenvalue weighted by Crippen LogP contribution is -1.82. The number of benzene rings is 2. The first kappa shape index (κ1) is 16.7. The third-order valence-corrected chi connectivity index (χ3v) is 4.56. The number of nitriles is 1. The number of allylic oxidation sites excluding steroid dienone is 1. The van der Waals surface area contributed by atoms with Gasteiger partial charge in [-0.15, -0.1) is 0 Å². The van der Waals surface area contributed by atoms with Gasteiger partial charge in [0.1, 0.15) is 11.5 Å². The van der Waals surface area contributed by atoms with Crippen LogP contribution < -0.4 is 0 Å². The average Bonchev–Trinajstić information content (AvgIpc) is 3.04. The Hall–Kier alpha value is -2.18. The molecular weight excluding hydrogens is 365 g/mol. The van der Waals surface area contributed by atoms with Crippen LogP contribution in [0.15, 0.2) is 59.0 Å². The molecule has 0 N–H and O–H groups in total. The topological polar surface area (TPSA) is 36.9 Å². The molecule has 0 aliphatic carbocycles. The Morgan fingerprint density at radius 2 is 1.67 bits per heavy atom. The minimum Gasteiger partial charge on any atom is -0.457 e. The first-order chi connectivity index (χ1) is 11.6. The summed E-state index contributed by atoms with van der Waals surface area (Å²) in [5.74, 6) is 1.10. The van der Waals surface area contributed by atoms with Gasteiger partial charge in [-0.3, -0.25) is 0 Å². The third kappa shape index (κ3) is 3.34. The molecular formula is C19H10Cl3NO. The van der Waals surface area contributed by atoms with E-state index in [9.17, 15) is 5.26 Å². The summed E-state index contributed by atoms with van der Waals surface area (Å²) < 4.78 is 5.79. The SMILES string of the molecule is N#CC(=Cc1ccc(-c2cccc(Cl)c2Cl)o1)c1ccccc1Cl. The smallest absolute Gasteiger partial charge is 0.136 e. The van der Waals surface area contributed by atoms with E-state index in [0.717, 1.165) is 0 Å². The largest absolute Gasteiger partial charge is 0.457 e. The zero-order valence-electron chi connectivity index (χ0n) is 12.3. The highest BCUT2D eigenvalue weighted by Crippen LogP contribution is 2.35. The van der Waals surface area contributed by atoms with E-state index >= 15 is 0 Å². The van der Waals surface area contributed by atoms with Gasteiger partial charge >= 0.3 is 0 Å². The first-order valence-electron chi connectivity index (χ1n) is 7.01. The summed E-state index contributed by atoms with van der Waals surface area (Å²) in [7, 11) is 0. The van der Waals surface area contributed by atoms with Crippen molar-refractivity contribution in [3.8, 4) is 17.4 Å². The van der Waals surface area contributed by atoms with Gasteiger partial charge in [-0.2, -0.15) is 5.26 Å². The molecule has 118 valence electrons. The maximum Gasteiger partial charge on any atom is 0.136 e. The lowest BCUT2D eigenvalue weighted by Gasteiger charge is -2.02. The molecule has 2 nitrogen and oxygen atoms in total. The number of halogens is 3. The van der Waals surface area contributed by atoms with Gasteiger partial charge in [0.2, 0.25) is 0 Å². The molecule has 0 atom stereocenters. The average molecular weight is 375 g/mol. The van der Waals surface area contributed by atoms with E-state index in [2.05, 4.69) is 6.07 Å². The Kier molecular flexibility index (Phi) is 4.97. The van der Waals surface area contributed by atoms with Gasteiger partial charge in [-0.05, 0) is 36.4 Å². The van der Waals surface area contributed by atoms with Gasteiger partial charge in [0, 0.05) is 16.1 Å². The van der Waals surface area contributed by atoms with Crippen LogP contribution in [0.25, 0.3) is 23.0 Å². The summed E-state index contributed by atoms with van der Waals surface area (Å²) in [4.78, 5) is 0. The molecule has 1 heterocycles. The maximum absolute atomic E-state index is 9.41. The van der Waals surface area contributed by atoms with Crippen molar-refractivity contribution in [2.45, 2.75) is 0 Å². The summed E-state index contributed by atoms with van der Waals surface area (Å²) in [6.07, 6.45) is 1.64. The number of hydrogen-bond acceptors (Lipinski definition) is 2. The van der Waals surface area contributed by atoms with Crippen LogP contribution in [0, 0.1) is 11.3 Å². The molecule has 5 heteroatoms. The molecule has 0 bridgehead atoms. The van der Waals surface area contributed by atoms with Crippen molar-refractivity contribution in [3.63, 3.8) is 0 Å². The summed E-state index contributed by atoms with van der Waals surface area (Å²) in [5.41, 5.74) is 1.76. The van der Waals surface area contributed by atoms with Crippen molar-refractivity contribution in [2.75, 3.05) is 0 Å². The molecule has 0 spiro atoms. The van der Waals surface area contributed by atoms with Crippen molar-refractivity contribution in [3.05, 3.63) is 81.0 Å². The van der Waals surface area contributed by atoms with Crippen LogP contribution in [0.2, 0.25) is 15.1 Å². The molecule has 3 rings (SSSR count). The molecule has 0 radical (unpaired) electrons. The van der Waals surface area contributed by atoms with Gasteiger partial charge in [0.15, 0.2) is 0 Å². The van der Waals surface area contributed by atoms with Gasteiger partial charge in [-0.25, -0.2) is 0 Å². The normalized spacial score (nSPS) is 11.3. The van der Waals surface area contributed by atoms with E-state index in [4.69, 9.17) is 39.2 Å². The highest BCUT2D eigenvalue weighted by atomic mass is 35.5. The maximum atomic E-state index is 9.41. The summed E-state index contributed by atoms with van der Waals surface area (Å²) >= 11 is 18.4. The van der Waals surface area contributed by atoms with Crippen LogP contribution >= 0.6 is 34.8 Å². The van der Waals surface area contributed by atoms with E-state index < -0.39 is 0 Å². The monoisotopic (exact) mass is 373 g/mol. The second-order valence-electron chi connectivity index (χ2n) is 4.95. The Balaban J connectivity index is 2.00. The Morgan fingerprint density at radius 3 is 2.42 bits per heavy atom. The molecule has 0 amide bonds. The molecule has 3 aromatic rings. The minimum atomic E-state index is 0.415. The number of hydrogen-bond donors (Lipinski definition) is 0. The Labute approximate surface area is 154 Å². The van der Waals surface area contributed by atoms with E-state index in [0.29, 0.717) is 43.3 Å². The molecule has 0 aliphatic heterocycles. The van der Waals surface area contributed by atoms with Gasteiger partial charge in [0.25, 0.3) is 0 Å². The Morgan fingerprint density at radius 1 is 0.917 bits per heavy atom. The predicted molar refractivity (Wildman–Crippen MR) is 99.1 cm³/mol. The number of furan rings is 1. The van der Waals surface area contributed by atoms with Crippen LogP contribution in [0.5, 0.6) is 0 Å². The molecule has 0 fully saturated rings. The van der Waals surface area contributed by atoms with Crippen LogP contribution in [0.1, 0.15) is 11.3 Å². The lowest BCUT2D eigenvalue weighted by atomic mass is 10.1. The predicted octanol–water partition coefficient (Wildman–Crippen LogP) is 6.97.